The van der Waals surface area contributed by atoms with E-state index in [0.717, 1.165) is 58.7 Å². The number of benzene rings is 1. The highest BCUT2D eigenvalue weighted by atomic mass is 16.2. The first-order valence-electron chi connectivity index (χ1n) is 10.0. The van der Waals surface area contributed by atoms with Gasteiger partial charge in [-0.15, -0.1) is 0 Å². The molecule has 0 spiro atoms. The molecular weight excluding hydrogens is 338 g/mol. The van der Waals surface area contributed by atoms with Gasteiger partial charge in [0, 0.05) is 64.2 Å². The zero-order valence-electron chi connectivity index (χ0n) is 15.9. The van der Waals surface area contributed by atoms with Gasteiger partial charge in [-0.25, -0.2) is 0 Å². The molecule has 1 aromatic heterocycles. The lowest BCUT2D eigenvalue weighted by molar-refractivity contribution is -0.133. The SMILES string of the molecule is O=C(Cn1cccn1)N1CCC(N2CCN(Cc3ccccc3)CC2)CC1. The second kappa shape index (κ2) is 8.67. The Balaban J connectivity index is 1.20. The molecule has 0 radical (unpaired) electrons. The van der Waals surface area contributed by atoms with Gasteiger partial charge in [-0.1, -0.05) is 30.3 Å². The number of likely N-dealkylation sites (tertiary alicyclic amines) is 1. The van der Waals surface area contributed by atoms with Crippen molar-refractivity contribution < 1.29 is 4.79 Å². The molecule has 0 saturated carbocycles. The van der Waals surface area contributed by atoms with Crippen molar-refractivity contribution in [3.05, 3.63) is 54.4 Å². The van der Waals surface area contributed by atoms with Crippen molar-refractivity contribution in [3.8, 4) is 0 Å². The Labute approximate surface area is 161 Å². The summed E-state index contributed by atoms with van der Waals surface area (Å²) in [5.74, 6) is 0.185. The van der Waals surface area contributed by atoms with Gasteiger partial charge in [0.1, 0.15) is 6.54 Å². The summed E-state index contributed by atoms with van der Waals surface area (Å²) in [6, 6.07) is 13.2. The first-order chi connectivity index (χ1) is 13.3. The minimum atomic E-state index is 0.185. The maximum absolute atomic E-state index is 12.4. The number of piperidine rings is 1. The molecule has 0 N–H and O–H groups in total. The van der Waals surface area contributed by atoms with Crippen LogP contribution in [-0.4, -0.2) is 75.7 Å². The standard InChI is InChI=1S/C21H29N5O/c27-21(18-26-10-4-9-22-26)25-11-7-20(8-12-25)24-15-13-23(14-16-24)17-19-5-2-1-3-6-19/h1-6,9-10,20H,7-8,11-18H2. The lowest BCUT2D eigenvalue weighted by Gasteiger charge is -2.42. The first kappa shape index (κ1) is 18.2. The maximum atomic E-state index is 12.4. The molecule has 2 aliphatic rings. The van der Waals surface area contributed by atoms with Crippen molar-refractivity contribution in [2.75, 3.05) is 39.3 Å². The molecule has 144 valence electrons. The topological polar surface area (TPSA) is 44.6 Å². The fourth-order valence-corrected chi connectivity index (χ4v) is 4.24. The summed E-state index contributed by atoms with van der Waals surface area (Å²) in [6.07, 6.45) is 5.74. The van der Waals surface area contributed by atoms with E-state index in [9.17, 15) is 4.79 Å². The number of piperazine rings is 1. The van der Waals surface area contributed by atoms with Gasteiger partial charge in [0.2, 0.25) is 5.91 Å². The van der Waals surface area contributed by atoms with Crippen LogP contribution in [0.3, 0.4) is 0 Å². The van der Waals surface area contributed by atoms with Gasteiger partial charge >= 0.3 is 0 Å². The second-order valence-corrected chi connectivity index (χ2v) is 7.61. The molecule has 3 heterocycles. The zero-order valence-corrected chi connectivity index (χ0v) is 15.9. The van der Waals surface area contributed by atoms with E-state index in [2.05, 4.69) is 45.2 Å². The molecule has 2 aliphatic heterocycles. The number of amides is 1. The van der Waals surface area contributed by atoms with Crippen molar-refractivity contribution >= 4 is 5.91 Å². The van der Waals surface area contributed by atoms with Crippen molar-refractivity contribution in [1.29, 1.82) is 0 Å². The largest absolute Gasteiger partial charge is 0.341 e. The van der Waals surface area contributed by atoms with E-state index in [0.29, 0.717) is 12.6 Å². The molecule has 2 aromatic rings. The predicted molar refractivity (Wildman–Crippen MR) is 105 cm³/mol. The summed E-state index contributed by atoms with van der Waals surface area (Å²) in [6.45, 7) is 7.69. The van der Waals surface area contributed by atoms with E-state index in [-0.39, 0.29) is 5.91 Å². The highest BCUT2D eigenvalue weighted by Gasteiger charge is 2.29. The van der Waals surface area contributed by atoms with Crippen molar-refractivity contribution in [2.24, 2.45) is 0 Å². The van der Waals surface area contributed by atoms with Crippen LogP contribution in [0, 0.1) is 0 Å². The number of hydrogen-bond acceptors (Lipinski definition) is 4. The molecule has 6 heteroatoms. The molecule has 0 aliphatic carbocycles. The Kier molecular flexibility index (Phi) is 5.84. The average Bonchev–Trinajstić information content (AvgIpc) is 3.22. The van der Waals surface area contributed by atoms with Gasteiger partial charge in [0.15, 0.2) is 0 Å². The minimum Gasteiger partial charge on any atom is -0.341 e. The third kappa shape index (κ3) is 4.76. The summed E-state index contributed by atoms with van der Waals surface area (Å²) in [5, 5.41) is 4.13. The fourth-order valence-electron chi connectivity index (χ4n) is 4.24. The fraction of sp³-hybridized carbons (Fsp3) is 0.524. The van der Waals surface area contributed by atoms with Crippen LogP contribution >= 0.6 is 0 Å². The average molecular weight is 367 g/mol. The summed E-state index contributed by atoms with van der Waals surface area (Å²) in [7, 11) is 0. The van der Waals surface area contributed by atoms with Crippen LogP contribution in [0.1, 0.15) is 18.4 Å². The minimum absolute atomic E-state index is 0.185. The van der Waals surface area contributed by atoms with Gasteiger partial charge in [-0.2, -0.15) is 5.10 Å². The van der Waals surface area contributed by atoms with Gasteiger partial charge < -0.3 is 4.90 Å². The molecule has 4 rings (SSSR count). The molecule has 1 aromatic carbocycles. The van der Waals surface area contributed by atoms with Gasteiger partial charge in [-0.05, 0) is 24.5 Å². The number of aromatic nitrogens is 2. The maximum Gasteiger partial charge on any atom is 0.244 e. The summed E-state index contributed by atoms with van der Waals surface area (Å²) < 4.78 is 1.71. The van der Waals surface area contributed by atoms with E-state index in [4.69, 9.17) is 0 Å². The number of carbonyl (C=O) groups is 1. The molecule has 1 amide bonds. The van der Waals surface area contributed by atoms with Crippen molar-refractivity contribution in [3.63, 3.8) is 0 Å². The lowest BCUT2D eigenvalue weighted by Crippen LogP contribution is -2.53. The Bertz CT molecular complexity index is 701. The number of nitrogens with zero attached hydrogens (tertiary/aromatic N) is 5. The third-order valence-electron chi connectivity index (χ3n) is 5.85. The van der Waals surface area contributed by atoms with Crippen molar-refractivity contribution in [1.82, 2.24) is 24.5 Å². The number of carbonyl (C=O) groups excluding carboxylic acids is 1. The van der Waals surface area contributed by atoms with Crippen LogP contribution in [0.4, 0.5) is 0 Å². The Morgan fingerprint density at radius 2 is 1.70 bits per heavy atom. The van der Waals surface area contributed by atoms with Gasteiger partial charge in [-0.3, -0.25) is 19.3 Å². The second-order valence-electron chi connectivity index (χ2n) is 7.61. The van der Waals surface area contributed by atoms with E-state index in [1.807, 2.05) is 17.2 Å². The van der Waals surface area contributed by atoms with Crippen LogP contribution in [0.5, 0.6) is 0 Å². The molecule has 27 heavy (non-hydrogen) atoms. The van der Waals surface area contributed by atoms with Gasteiger partial charge in [0.25, 0.3) is 0 Å². The summed E-state index contributed by atoms with van der Waals surface area (Å²) in [5.41, 5.74) is 1.40. The van der Waals surface area contributed by atoms with Crippen LogP contribution in [0.2, 0.25) is 0 Å². The summed E-state index contributed by atoms with van der Waals surface area (Å²) in [4.78, 5) is 19.6. The smallest absolute Gasteiger partial charge is 0.244 e. The molecule has 0 unspecified atom stereocenters. The first-order valence-corrected chi connectivity index (χ1v) is 10.0. The summed E-state index contributed by atoms with van der Waals surface area (Å²) >= 11 is 0. The molecule has 2 saturated heterocycles. The molecular formula is C21H29N5O. The normalized spacial score (nSPS) is 20.1. The lowest BCUT2D eigenvalue weighted by atomic mass is 10.0. The Morgan fingerprint density at radius 1 is 0.963 bits per heavy atom. The predicted octanol–water partition coefficient (Wildman–Crippen LogP) is 1.69. The van der Waals surface area contributed by atoms with Crippen LogP contribution in [-0.2, 0) is 17.9 Å². The van der Waals surface area contributed by atoms with Gasteiger partial charge in [0.05, 0.1) is 0 Å². The third-order valence-corrected chi connectivity index (χ3v) is 5.85. The highest BCUT2D eigenvalue weighted by molar-refractivity contribution is 5.76. The molecule has 0 bridgehead atoms. The quantitative estimate of drug-likeness (QED) is 0.807. The van der Waals surface area contributed by atoms with Crippen LogP contribution < -0.4 is 0 Å². The highest BCUT2D eigenvalue weighted by Crippen LogP contribution is 2.19. The van der Waals surface area contributed by atoms with E-state index >= 15 is 0 Å². The van der Waals surface area contributed by atoms with Crippen LogP contribution in [0.25, 0.3) is 0 Å². The van der Waals surface area contributed by atoms with E-state index in [1.165, 1.54) is 5.56 Å². The zero-order chi connectivity index (χ0) is 18.5. The van der Waals surface area contributed by atoms with Crippen molar-refractivity contribution in [2.45, 2.75) is 32.0 Å². The van der Waals surface area contributed by atoms with E-state index in [1.54, 1.807) is 10.9 Å². The van der Waals surface area contributed by atoms with Crippen LogP contribution in [0.15, 0.2) is 48.8 Å². The number of hydrogen-bond donors (Lipinski definition) is 0. The monoisotopic (exact) mass is 367 g/mol. The molecule has 6 nitrogen and oxygen atoms in total. The van der Waals surface area contributed by atoms with E-state index < -0.39 is 0 Å². The Morgan fingerprint density at radius 3 is 2.37 bits per heavy atom. The number of rotatable bonds is 5. The molecule has 0 atom stereocenters. The Hall–Kier alpha value is -2.18. The molecule has 2 fully saturated rings.